The fourth-order valence-electron chi connectivity index (χ4n) is 13.5. The quantitative estimate of drug-likeness (QED) is 0.0660. The Labute approximate surface area is 531 Å². The minimum atomic E-state index is -1.86. The molecule has 4 aromatic rings. The Morgan fingerprint density at radius 2 is 1.59 bits per heavy atom. The molecule has 23 nitrogen and oxygen atoms in total. The number of aryl methyl sites for hydroxylation is 1. The Kier molecular flexibility index (Phi) is 23.3. The lowest BCUT2D eigenvalue weighted by Gasteiger charge is -2.49. The van der Waals surface area contributed by atoms with E-state index in [0.717, 1.165) is 28.2 Å². The average molecular weight is 1250 g/mol. The van der Waals surface area contributed by atoms with Crippen LogP contribution in [-0.4, -0.2) is 226 Å². The molecule has 6 heterocycles. The predicted molar refractivity (Wildman–Crippen MR) is 341 cm³/mol. The average Bonchev–Trinajstić information content (AvgIpc) is 1.01. The number of carbonyl (C=O) groups excluding carboxylic acids is 3. The smallest absolute Gasteiger partial charge is 0.320 e. The van der Waals surface area contributed by atoms with E-state index < -0.39 is 102 Å². The minimum Gasteiger partial charge on any atom is -0.459 e. The van der Waals surface area contributed by atoms with Crippen molar-refractivity contribution >= 4 is 40.9 Å². The summed E-state index contributed by atoms with van der Waals surface area (Å²) >= 11 is 0. The number of hydrogen-bond donors (Lipinski definition) is 6. The van der Waals surface area contributed by atoms with Gasteiger partial charge in [-0.3, -0.25) is 24.3 Å². The second-order valence-corrected chi connectivity index (χ2v) is 26.6. The molecule has 23 heteroatoms. The highest BCUT2D eigenvalue weighted by molar-refractivity contribution is 6.04. The minimum absolute atomic E-state index is 0.0152. The van der Waals surface area contributed by atoms with Crippen molar-refractivity contribution < 1.29 is 68.0 Å². The van der Waals surface area contributed by atoms with Crippen molar-refractivity contribution in [2.24, 2.45) is 17.8 Å². The summed E-state index contributed by atoms with van der Waals surface area (Å²) in [6.45, 7) is 22.2. The Morgan fingerprint density at radius 3 is 2.24 bits per heavy atom. The molecule has 2 aromatic carbocycles. The number of nitrogens with zero attached hydrogens (tertiary/aromatic N) is 7. The Hall–Kier alpha value is -5.80. The number of aliphatic hydroxyl groups excluding tert-OH is 2. The maximum atomic E-state index is 14.7. The van der Waals surface area contributed by atoms with E-state index in [1.807, 2.05) is 112 Å². The number of benzene rings is 2. The van der Waals surface area contributed by atoms with Gasteiger partial charge in [0.2, 0.25) is 5.95 Å². The van der Waals surface area contributed by atoms with Crippen molar-refractivity contribution in [2.75, 3.05) is 83.1 Å². The fourth-order valence-corrected chi connectivity index (χ4v) is 13.5. The van der Waals surface area contributed by atoms with Crippen molar-refractivity contribution in [3.8, 4) is 11.3 Å². The van der Waals surface area contributed by atoms with Crippen LogP contribution in [0.4, 0.5) is 23.0 Å². The van der Waals surface area contributed by atoms with Gasteiger partial charge in [0, 0.05) is 105 Å². The van der Waals surface area contributed by atoms with Crippen LogP contribution in [0, 0.1) is 24.7 Å². The zero-order valence-electron chi connectivity index (χ0n) is 55.2. The number of pyridine rings is 1. The zero-order valence-corrected chi connectivity index (χ0v) is 55.2. The van der Waals surface area contributed by atoms with Crippen molar-refractivity contribution in [2.45, 2.75) is 192 Å². The molecule has 4 saturated heterocycles. The molecule has 496 valence electrons. The second kappa shape index (κ2) is 29.9. The molecule has 18 atom stereocenters. The number of piperazine rings is 1. The topological polar surface area (TPSA) is 272 Å². The van der Waals surface area contributed by atoms with Gasteiger partial charge in [-0.25, -0.2) is 9.97 Å². The van der Waals surface area contributed by atoms with Crippen molar-refractivity contribution in [3.63, 3.8) is 0 Å². The van der Waals surface area contributed by atoms with Crippen LogP contribution in [0.25, 0.3) is 11.3 Å². The van der Waals surface area contributed by atoms with Crippen LogP contribution >= 0.6 is 0 Å². The number of likely N-dealkylation sites (N-methyl/N-ethyl adjacent to an activating group) is 2. The van der Waals surface area contributed by atoms with Crippen LogP contribution < -0.4 is 15.5 Å². The van der Waals surface area contributed by atoms with E-state index in [-0.39, 0.29) is 49.8 Å². The number of esters is 2. The molecule has 90 heavy (non-hydrogen) atoms. The molecule has 6 N–H and O–H groups in total. The van der Waals surface area contributed by atoms with Crippen molar-refractivity contribution in [1.29, 1.82) is 0 Å². The number of ether oxygens (including phenoxy) is 7. The lowest BCUT2D eigenvalue weighted by atomic mass is 9.77. The van der Waals surface area contributed by atoms with Gasteiger partial charge in [0.1, 0.15) is 23.9 Å². The first kappa shape index (κ1) is 70.1. The van der Waals surface area contributed by atoms with Gasteiger partial charge in [-0.15, -0.1) is 0 Å². The fraction of sp³-hybridized carbons (Fsp3) is 0.642. The predicted octanol–water partition coefficient (Wildman–Crippen LogP) is 6.43. The van der Waals surface area contributed by atoms with Crippen LogP contribution in [0.5, 0.6) is 0 Å². The number of carbonyl (C=O) groups is 3. The number of aliphatic hydroxyl groups is 4. The summed E-state index contributed by atoms with van der Waals surface area (Å²) < 4.78 is 45.6. The Balaban J connectivity index is 0.965. The van der Waals surface area contributed by atoms with Gasteiger partial charge in [-0.05, 0) is 162 Å². The van der Waals surface area contributed by atoms with Gasteiger partial charge in [0.05, 0.1) is 59.8 Å². The molecule has 4 aliphatic heterocycles. The molecule has 0 aliphatic carbocycles. The van der Waals surface area contributed by atoms with E-state index >= 15 is 0 Å². The summed E-state index contributed by atoms with van der Waals surface area (Å²) in [6.07, 6.45) is -4.02. The van der Waals surface area contributed by atoms with Crippen LogP contribution in [-0.2, 0) is 42.7 Å². The molecule has 4 aliphatic rings. The number of cyclic esters (lactones) is 1. The molecule has 4 fully saturated rings. The first-order chi connectivity index (χ1) is 42.5. The highest BCUT2D eigenvalue weighted by Crippen LogP contribution is 2.41. The molecule has 8 rings (SSSR count). The van der Waals surface area contributed by atoms with E-state index in [1.165, 1.54) is 14.0 Å². The van der Waals surface area contributed by atoms with Gasteiger partial charge >= 0.3 is 11.9 Å². The third-order valence-corrected chi connectivity index (χ3v) is 19.0. The number of nitrogens with one attached hydrogen (secondary N) is 2. The number of anilines is 4. The third kappa shape index (κ3) is 16.7. The normalized spacial score (nSPS) is 34.6. The molecule has 0 spiro atoms. The maximum absolute atomic E-state index is 14.7. The van der Waals surface area contributed by atoms with Gasteiger partial charge in [0.25, 0.3) is 5.91 Å². The number of rotatable bonds is 16. The molecule has 0 bridgehead atoms. The van der Waals surface area contributed by atoms with E-state index in [4.69, 9.17) is 33.2 Å². The van der Waals surface area contributed by atoms with E-state index in [0.29, 0.717) is 56.3 Å². The molecule has 2 aromatic heterocycles. The monoisotopic (exact) mass is 1250 g/mol. The molecule has 0 saturated carbocycles. The Morgan fingerprint density at radius 1 is 0.878 bits per heavy atom. The van der Waals surface area contributed by atoms with Crippen LogP contribution in [0.2, 0.25) is 0 Å². The van der Waals surface area contributed by atoms with E-state index in [1.54, 1.807) is 72.3 Å². The van der Waals surface area contributed by atoms with Gasteiger partial charge < -0.3 is 78.9 Å². The highest BCUT2D eigenvalue weighted by Gasteiger charge is 2.53. The first-order valence-corrected chi connectivity index (χ1v) is 31.8. The zero-order chi connectivity index (χ0) is 65.6. The Bertz CT molecular complexity index is 3010. The molecular weight excluding hydrogens is 1150 g/mol. The van der Waals surface area contributed by atoms with Crippen molar-refractivity contribution in [1.82, 2.24) is 29.7 Å². The first-order valence-electron chi connectivity index (χ1n) is 31.8. The van der Waals surface area contributed by atoms with Gasteiger partial charge in [-0.1, -0.05) is 26.8 Å². The summed E-state index contributed by atoms with van der Waals surface area (Å²) in [6, 6.07) is 17.7. The largest absolute Gasteiger partial charge is 0.459 e. The number of amides is 1. The lowest BCUT2D eigenvalue weighted by Crippen LogP contribution is -2.61. The number of methoxy groups -OCH3 is 1. The second-order valence-electron chi connectivity index (χ2n) is 26.6. The molecule has 0 radical (unpaired) electrons. The van der Waals surface area contributed by atoms with E-state index in [9.17, 15) is 34.8 Å². The third-order valence-electron chi connectivity index (χ3n) is 19.0. The van der Waals surface area contributed by atoms with E-state index in [2.05, 4.69) is 30.5 Å². The molecule has 1 unspecified atom stereocenters. The molecular formula is C67H99N9O14. The maximum Gasteiger partial charge on any atom is 0.320 e. The SMILES string of the molecule is CC[C@H]1OC(=O)[C@H](C)[C@@H](O[C@H]2C[C@@](C)(OC)[C@@H](O)[C@H](C)O2)[C@H](C)[C@@H](O[C@@H]2O[C@H](C)CC(N(C)C)[C@H]2OC(=O)CN2CCN(c3ccc(C(=O)Nc4ccc(C)c(Nc5nccc(-c6cccnc6)n5)c4)cc3)CC2)[C@](C)(O)C[C@@H](C)CN(C)[C@H](C)[C@@H](O)[C@]1(C)O. The van der Waals surface area contributed by atoms with Crippen molar-refractivity contribution in [3.05, 3.63) is 90.4 Å². The van der Waals surface area contributed by atoms with Crippen LogP contribution in [0.3, 0.4) is 0 Å². The molecule has 1 amide bonds. The summed E-state index contributed by atoms with van der Waals surface area (Å²) in [7, 11) is 7.16. The number of aromatic nitrogens is 3. The van der Waals surface area contributed by atoms with Crippen LogP contribution in [0.1, 0.15) is 111 Å². The summed E-state index contributed by atoms with van der Waals surface area (Å²) in [4.78, 5) is 64.1. The summed E-state index contributed by atoms with van der Waals surface area (Å²) in [5.74, 6) is -3.25. The lowest BCUT2D eigenvalue weighted by molar-refractivity contribution is -0.319. The standard InChI is InChI=1S/C67H99N9O14/c1-16-53-67(11,83)58(78)44(7)74(14)37-39(2)34-65(9,82)60(42(5)56(43(6)62(81)87-53)89-55-35-66(10,84-15)59(79)45(8)86-55)90-63-57(52(73(12)13)32-41(4)85-63)88-54(77)38-75-28-30-76(31-29-75)49-23-20-46(21-24-49)61(80)70-48-22-19-40(3)51(33-48)72-64-69-27-25-50(71-64)47-18-17-26-68-36-47/h17-27,33,36,39,41-45,52-53,55-60,63,78-79,82-83H,16,28-32,34-35,37-38H2,1-15H3,(H,70,80)(H,69,71,72)/t39-,41-,42+,43-,44-,45+,52?,53-,55+,56+,57-,58-,59+,60-,63+,65-,66-,67-/m1/s1. The van der Waals surface area contributed by atoms with Crippen LogP contribution in [0.15, 0.2) is 79.3 Å². The highest BCUT2D eigenvalue weighted by atomic mass is 16.7. The summed E-state index contributed by atoms with van der Waals surface area (Å²) in [5.41, 5.74) is 0.662. The number of hydrogen-bond acceptors (Lipinski definition) is 22. The van der Waals surface area contributed by atoms with Gasteiger partial charge in [-0.2, -0.15) is 0 Å². The van der Waals surface area contributed by atoms with Gasteiger partial charge in [0.15, 0.2) is 18.7 Å². The summed E-state index contributed by atoms with van der Waals surface area (Å²) in [5, 5.41) is 54.4.